The molecule has 0 bridgehead atoms. The molecule has 2 N–H and O–H groups in total. The standard InChI is InChI=1S/C21H30N4O2.2ClH/c1-27-17-21(9-11-22-12-10-21)20(26)24-16-19-23-13-15-25(19)14-5-8-18-6-3-2-4-7-18;;/h2-4,6-7,13,15,22H,5,8-12,14,16-17H2,1H3,(H,24,26);2*1H. The summed E-state index contributed by atoms with van der Waals surface area (Å²) in [4.78, 5) is 17.3. The molecule has 162 valence electrons. The third-order valence-electron chi connectivity index (χ3n) is 5.38. The van der Waals surface area contributed by atoms with Crippen LogP contribution in [0, 0.1) is 5.41 Å². The molecule has 6 nitrogen and oxygen atoms in total. The molecule has 3 rings (SSSR count). The molecule has 0 aliphatic carbocycles. The monoisotopic (exact) mass is 442 g/mol. The summed E-state index contributed by atoms with van der Waals surface area (Å²) in [5.74, 6) is 0.975. The van der Waals surface area contributed by atoms with Crippen molar-refractivity contribution in [2.24, 2.45) is 5.41 Å². The van der Waals surface area contributed by atoms with Gasteiger partial charge in [-0.3, -0.25) is 4.79 Å². The number of nitrogens with one attached hydrogen (secondary N) is 2. The lowest BCUT2D eigenvalue weighted by Crippen LogP contribution is -2.50. The number of rotatable bonds is 9. The maximum Gasteiger partial charge on any atom is 0.229 e. The highest BCUT2D eigenvalue weighted by atomic mass is 35.5. The van der Waals surface area contributed by atoms with Gasteiger partial charge in [0.2, 0.25) is 5.91 Å². The van der Waals surface area contributed by atoms with Crippen LogP contribution in [0.3, 0.4) is 0 Å². The van der Waals surface area contributed by atoms with Crippen molar-refractivity contribution in [3.63, 3.8) is 0 Å². The lowest BCUT2D eigenvalue weighted by Gasteiger charge is -2.35. The van der Waals surface area contributed by atoms with Crippen molar-refractivity contribution >= 4 is 30.7 Å². The number of ether oxygens (including phenoxy) is 1. The highest BCUT2D eigenvalue weighted by Crippen LogP contribution is 2.29. The minimum atomic E-state index is -0.426. The number of halogens is 2. The zero-order chi connectivity index (χ0) is 19.0. The second-order valence-corrected chi connectivity index (χ2v) is 7.27. The van der Waals surface area contributed by atoms with Gasteiger partial charge in [0.1, 0.15) is 5.82 Å². The fraction of sp³-hybridized carbons (Fsp3) is 0.524. The first-order valence-electron chi connectivity index (χ1n) is 9.75. The Kier molecular flexibility index (Phi) is 11.3. The number of piperidine rings is 1. The van der Waals surface area contributed by atoms with Crippen molar-refractivity contribution in [2.45, 2.75) is 38.8 Å². The Morgan fingerprint density at radius 2 is 1.97 bits per heavy atom. The number of hydrogen-bond acceptors (Lipinski definition) is 4. The minimum absolute atomic E-state index is 0. The van der Waals surface area contributed by atoms with Crippen molar-refractivity contribution in [1.29, 1.82) is 0 Å². The first-order chi connectivity index (χ1) is 13.2. The van der Waals surface area contributed by atoms with Crippen molar-refractivity contribution in [3.8, 4) is 0 Å². The molecule has 1 saturated heterocycles. The van der Waals surface area contributed by atoms with E-state index in [9.17, 15) is 4.79 Å². The molecule has 2 aromatic rings. The van der Waals surface area contributed by atoms with Crippen LogP contribution in [-0.2, 0) is 29.0 Å². The van der Waals surface area contributed by atoms with Gasteiger partial charge >= 0.3 is 0 Å². The number of aryl methyl sites for hydroxylation is 2. The molecule has 0 spiro atoms. The normalized spacial score (nSPS) is 15.1. The fourth-order valence-corrected chi connectivity index (χ4v) is 3.77. The Morgan fingerprint density at radius 3 is 2.66 bits per heavy atom. The van der Waals surface area contributed by atoms with Gasteiger partial charge in [-0.05, 0) is 44.3 Å². The summed E-state index contributed by atoms with van der Waals surface area (Å²) >= 11 is 0. The third-order valence-corrected chi connectivity index (χ3v) is 5.38. The van der Waals surface area contributed by atoms with Gasteiger partial charge < -0.3 is 19.9 Å². The highest BCUT2D eigenvalue weighted by molar-refractivity contribution is 5.85. The van der Waals surface area contributed by atoms with E-state index >= 15 is 0 Å². The van der Waals surface area contributed by atoms with Gasteiger partial charge in [-0.25, -0.2) is 4.98 Å². The van der Waals surface area contributed by atoms with Crippen LogP contribution in [0.2, 0.25) is 0 Å². The summed E-state index contributed by atoms with van der Waals surface area (Å²) in [5, 5.41) is 6.42. The zero-order valence-electron chi connectivity index (χ0n) is 16.9. The van der Waals surface area contributed by atoms with Crippen molar-refractivity contribution in [3.05, 3.63) is 54.1 Å². The van der Waals surface area contributed by atoms with E-state index in [4.69, 9.17) is 4.74 Å². The molecule has 0 saturated carbocycles. The van der Waals surface area contributed by atoms with E-state index in [1.54, 1.807) is 13.3 Å². The Hall–Kier alpha value is -1.60. The van der Waals surface area contributed by atoms with Gasteiger partial charge in [-0.2, -0.15) is 0 Å². The Balaban J connectivity index is 0.00000210. The molecule has 1 amide bonds. The molecule has 8 heteroatoms. The van der Waals surface area contributed by atoms with E-state index in [2.05, 4.69) is 44.5 Å². The quantitative estimate of drug-likeness (QED) is 0.626. The smallest absolute Gasteiger partial charge is 0.229 e. The molecule has 0 radical (unpaired) electrons. The van der Waals surface area contributed by atoms with E-state index in [1.165, 1.54) is 5.56 Å². The van der Waals surface area contributed by atoms with Gasteiger partial charge in [0.15, 0.2) is 0 Å². The maximum atomic E-state index is 12.9. The minimum Gasteiger partial charge on any atom is -0.384 e. The van der Waals surface area contributed by atoms with Crippen LogP contribution in [0.4, 0.5) is 0 Å². The van der Waals surface area contributed by atoms with E-state index in [0.717, 1.165) is 51.1 Å². The van der Waals surface area contributed by atoms with Crippen LogP contribution in [-0.4, -0.2) is 42.3 Å². The molecule has 0 atom stereocenters. The van der Waals surface area contributed by atoms with Gasteiger partial charge in [0, 0.05) is 26.0 Å². The van der Waals surface area contributed by atoms with Crippen LogP contribution in [0.5, 0.6) is 0 Å². The number of methoxy groups -OCH3 is 1. The molecule has 1 aromatic carbocycles. The molecule has 1 aliphatic rings. The van der Waals surface area contributed by atoms with Crippen LogP contribution in [0.25, 0.3) is 0 Å². The molecular weight excluding hydrogens is 411 g/mol. The van der Waals surface area contributed by atoms with Crippen molar-refractivity contribution in [1.82, 2.24) is 20.2 Å². The Bertz CT molecular complexity index is 713. The lowest BCUT2D eigenvalue weighted by atomic mass is 9.78. The van der Waals surface area contributed by atoms with E-state index in [-0.39, 0.29) is 30.7 Å². The largest absolute Gasteiger partial charge is 0.384 e. The van der Waals surface area contributed by atoms with Gasteiger partial charge in [-0.15, -0.1) is 24.8 Å². The highest BCUT2D eigenvalue weighted by Gasteiger charge is 2.39. The predicted octanol–water partition coefficient (Wildman–Crippen LogP) is 2.99. The zero-order valence-corrected chi connectivity index (χ0v) is 18.6. The van der Waals surface area contributed by atoms with Crippen LogP contribution < -0.4 is 10.6 Å². The van der Waals surface area contributed by atoms with E-state index in [0.29, 0.717) is 13.2 Å². The van der Waals surface area contributed by atoms with Gasteiger partial charge in [0.25, 0.3) is 0 Å². The summed E-state index contributed by atoms with van der Waals surface area (Å²) in [6, 6.07) is 10.5. The van der Waals surface area contributed by atoms with E-state index < -0.39 is 5.41 Å². The topological polar surface area (TPSA) is 68.2 Å². The molecular formula is C21H32Cl2N4O2. The van der Waals surface area contributed by atoms with Gasteiger partial charge in [0.05, 0.1) is 18.6 Å². The number of imidazole rings is 1. The maximum absolute atomic E-state index is 12.9. The SMILES string of the molecule is COCC1(C(=O)NCc2nccn2CCCc2ccccc2)CCNCC1.Cl.Cl. The summed E-state index contributed by atoms with van der Waals surface area (Å²) in [6.07, 6.45) is 7.48. The molecule has 0 unspecified atom stereocenters. The Labute approximate surface area is 185 Å². The lowest BCUT2D eigenvalue weighted by molar-refractivity contribution is -0.136. The number of aromatic nitrogens is 2. The third kappa shape index (κ3) is 7.00. The fourth-order valence-electron chi connectivity index (χ4n) is 3.77. The predicted molar refractivity (Wildman–Crippen MR) is 120 cm³/mol. The second kappa shape index (κ2) is 12.9. The summed E-state index contributed by atoms with van der Waals surface area (Å²) < 4.78 is 7.49. The Morgan fingerprint density at radius 1 is 1.24 bits per heavy atom. The van der Waals surface area contributed by atoms with Gasteiger partial charge in [-0.1, -0.05) is 30.3 Å². The number of carbonyl (C=O) groups is 1. The van der Waals surface area contributed by atoms with E-state index in [1.807, 2.05) is 12.3 Å². The van der Waals surface area contributed by atoms with Crippen molar-refractivity contribution < 1.29 is 9.53 Å². The number of carbonyl (C=O) groups excluding carboxylic acids is 1. The second-order valence-electron chi connectivity index (χ2n) is 7.27. The van der Waals surface area contributed by atoms with Crippen LogP contribution in [0.1, 0.15) is 30.7 Å². The molecule has 29 heavy (non-hydrogen) atoms. The van der Waals surface area contributed by atoms with Crippen LogP contribution >= 0.6 is 24.8 Å². The number of hydrogen-bond donors (Lipinski definition) is 2. The average Bonchev–Trinajstić information content (AvgIpc) is 3.15. The number of benzene rings is 1. The first kappa shape index (κ1) is 25.4. The summed E-state index contributed by atoms with van der Waals surface area (Å²) in [7, 11) is 1.66. The number of amides is 1. The molecule has 1 aromatic heterocycles. The first-order valence-corrected chi connectivity index (χ1v) is 9.75. The summed E-state index contributed by atoms with van der Waals surface area (Å²) in [6.45, 7) is 3.52. The molecule has 1 aliphatic heterocycles. The summed E-state index contributed by atoms with van der Waals surface area (Å²) in [5.41, 5.74) is 0.921. The van der Waals surface area contributed by atoms with Crippen LogP contribution in [0.15, 0.2) is 42.7 Å². The van der Waals surface area contributed by atoms with Crippen molar-refractivity contribution in [2.75, 3.05) is 26.8 Å². The molecule has 2 heterocycles. The average molecular weight is 443 g/mol. The molecule has 1 fully saturated rings. The number of nitrogens with zero attached hydrogens (tertiary/aromatic N) is 2.